The number of cyclic esters (lactones) is 2. The summed E-state index contributed by atoms with van der Waals surface area (Å²) in [6.45, 7) is 2.18. The molecule has 1 aliphatic rings. The third-order valence-corrected chi connectivity index (χ3v) is 0.733. The van der Waals surface area contributed by atoms with Crippen molar-refractivity contribution in [2.75, 3.05) is 6.61 Å². The maximum absolute atomic E-state index is 10.0. The summed E-state index contributed by atoms with van der Waals surface area (Å²) in [5, 5.41) is 12.0. The van der Waals surface area contributed by atoms with Crippen molar-refractivity contribution >= 4 is 6.16 Å². The van der Waals surface area contributed by atoms with Gasteiger partial charge in [-0.2, -0.15) is 0 Å². The van der Waals surface area contributed by atoms with E-state index in [2.05, 4.69) is 9.47 Å². The van der Waals surface area contributed by atoms with Crippen LogP contribution in [0.25, 0.3) is 0 Å². The van der Waals surface area contributed by atoms with Crippen molar-refractivity contribution in [3.05, 3.63) is 0 Å². The van der Waals surface area contributed by atoms with E-state index in [4.69, 9.17) is 10.5 Å². The molecular formula is C4H8O5. The van der Waals surface area contributed by atoms with Crippen molar-refractivity contribution in [1.82, 2.24) is 0 Å². The largest absolute Gasteiger partial charge is 0.508 e. The van der Waals surface area contributed by atoms with E-state index >= 15 is 0 Å². The summed E-state index contributed by atoms with van der Waals surface area (Å²) in [6, 6.07) is 0. The van der Waals surface area contributed by atoms with E-state index in [1.807, 2.05) is 0 Å². The van der Waals surface area contributed by atoms with Crippen LogP contribution < -0.4 is 0 Å². The zero-order chi connectivity index (χ0) is 7.28. The lowest BCUT2D eigenvalue weighted by molar-refractivity contribution is -0.176. The maximum atomic E-state index is 10.0. The number of hydrogen-bond acceptors (Lipinski definition) is 5. The van der Waals surface area contributed by atoms with Gasteiger partial charge in [0.1, 0.15) is 12.7 Å². The molecule has 0 saturated carbocycles. The second kappa shape index (κ2) is 4.11. The van der Waals surface area contributed by atoms with Crippen LogP contribution in [0.3, 0.4) is 0 Å². The van der Waals surface area contributed by atoms with Gasteiger partial charge in [0, 0.05) is 0 Å². The predicted molar refractivity (Wildman–Crippen MR) is 27.2 cm³/mol. The van der Waals surface area contributed by atoms with Crippen LogP contribution in [-0.2, 0) is 9.47 Å². The molecule has 54 valence electrons. The van der Waals surface area contributed by atoms with Gasteiger partial charge in [-0.1, -0.05) is 0 Å². The summed E-state index contributed by atoms with van der Waals surface area (Å²) in [4.78, 5) is 10.0. The standard InChI is InChI=1S/C4H6O3.H2O2/c1-3-2-6-4(5)7-3;1-2/h3H,2H2,1H3;1-2H. The molecule has 0 radical (unpaired) electrons. The molecule has 1 saturated heterocycles. The first-order valence-corrected chi connectivity index (χ1v) is 2.32. The predicted octanol–water partition coefficient (Wildman–Crippen LogP) is 0.559. The highest BCUT2D eigenvalue weighted by Gasteiger charge is 2.19. The van der Waals surface area contributed by atoms with Gasteiger partial charge >= 0.3 is 6.16 Å². The van der Waals surface area contributed by atoms with E-state index in [1.54, 1.807) is 6.92 Å². The van der Waals surface area contributed by atoms with Crippen LogP contribution in [0.2, 0.25) is 0 Å². The molecule has 0 aromatic heterocycles. The first kappa shape index (κ1) is 8.19. The number of ether oxygens (including phenoxy) is 2. The molecule has 1 heterocycles. The number of hydrogen-bond donors (Lipinski definition) is 2. The van der Waals surface area contributed by atoms with Crippen molar-refractivity contribution in [1.29, 1.82) is 0 Å². The zero-order valence-corrected chi connectivity index (χ0v) is 4.90. The van der Waals surface area contributed by atoms with E-state index in [0.29, 0.717) is 6.61 Å². The van der Waals surface area contributed by atoms with E-state index in [-0.39, 0.29) is 6.10 Å². The molecule has 0 aromatic rings. The molecule has 0 spiro atoms. The lowest BCUT2D eigenvalue weighted by Gasteiger charge is -1.90. The molecule has 1 unspecified atom stereocenters. The summed E-state index contributed by atoms with van der Waals surface area (Å²) in [5.41, 5.74) is 0. The Morgan fingerprint density at radius 2 is 2.22 bits per heavy atom. The minimum absolute atomic E-state index is 0.0486. The summed E-state index contributed by atoms with van der Waals surface area (Å²) in [7, 11) is 0. The Bertz CT molecular complexity index is 91.0. The van der Waals surface area contributed by atoms with Crippen molar-refractivity contribution in [2.45, 2.75) is 13.0 Å². The van der Waals surface area contributed by atoms with Gasteiger partial charge in [-0.25, -0.2) is 4.79 Å². The minimum atomic E-state index is -0.549. The van der Waals surface area contributed by atoms with E-state index in [9.17, 15) is 4.79 Å². The topological polar surface area (TPSA) is 76.0 Å². The lowest BCUT2D eigenvalue weighted by atomic mass is 10.5. The van der Waals surface area contributed by atoms with E-state index in [1.165, 1.54) is 0 Å². The average Bonchev–Trinajstić information content (AvgIpc) is 2.20. The molecule has 5 heteroatoms. The van der Waals surface area contributed by atoms with E-state index < -0.39 is 6.16 Å². The molecule has 1 aliphatic heterocycles. The lowest BCUT2D eigenvalue weighted by Crippen LogP contribution is -2.01. The Kier molecular flexibility index (Phi) is 3.74. The third-order valence-electron chi connectivity index (χ3n) is 0.733. The Labute approximate surface area is 51.7 Å². The molecule has 9 heavy (non-hydrogen) atoms. The van der Waals surface area contributed by atoms with Crippen molar-refractivity contribution in [3.8, 4) is 0 Å². The first-order valence-electron chi connectivity index (χ1n) is 2.32. The smallest absolute Gasteiger partial charge is 0.430 e. The van der Waals surface area contributed by atoms with E-state index in [0.717, 1.165) is 0 Å². The molecule has 1 rings (SSSR count). The average molecular weight is 136 g/mol. The van der Waals surface area contributed by atoms with Gasteiger partial charge in [-0.05, 0) is 6.92 Å². The SMILES string of the molecule is CC1COC(=O)O1.OO. The zero-order valence-electron chi connectivity index (χ0n) is 4.90. The Morgan fingerprint density at radius 1 is 1.67 bits per heavy atom. The van der Waals surface area contributed by atoms with Crippen LogP contribution >= 0.6 is 0 Å². The molecule has 0 aromatic carbocycles. The third kappa shape index (κ3) is 2.89. The number of rotatable bonds is 0. The van der Waals surface area contributed by atoms with Gasteiger partial charge in [-0.15, -0.1) is 0 Å². The monoisotopic (exact) mass is 136 g/mol. The van der Waals surface area contributed by atoms with Crippen LogP contribution in [-0.4, -0.2) is 29.4 Å². The van der Waals surface area contributed by atoms with Crippen LogP contribution in [0.5, 0.6) is 0 Å². The molecule has 5 nitrogen and oxygen atoms in total. The summed E-state index contributed by atoms with van der Waals surface area (Å²) in [6.07, 6.45) is -0.597. The normalized spacial score (nSPS) is 23.4. The van der Waals surface area contributed by atoms with Gasteiger partial charge in [-0.3, -0.25) is 10.5 Å². The number of carbonyl (C=O) groups excluding carboxylic acids is 1. The maximum Gasteiger partial charge on any atom is 0.508 e. The molecular weight excluding hydrogens is 128 g/mol. The second-order valence-corrected chi connectivity index (χ2v) is 1.49. The Hall–Kier alpha value is -0.810. The fraction of sp³-hybridized carbons (Fsp3) is 0.750. The summed E-state index contributed by atoms with van der Waals surface area (Å²) < 4.78 is 8.90. The van der Waals surface area contributed by atoms with Gasteiger partial charge in [0.2, 0.25) is 0 Å². The van der Waals surface area contributed by atoms with Crippen molar-refractivity contribution < 1.29 is 24.8 Å². The van der Waals surface area contributed by atoms with Crippen LogP contribution in [0.1, 0.15) is 6.92 Å². The fourth-order valence-electron chi connectivity index (χ4n) is 0.418. The molecule has 0 bridgehead atoms. The van der Waals surface area contributed by atoms with Gasteiger partial charge in [0.05, 0.1) is 0 Å². The quantitative estimate of drug-likeness (QED) is 0.289. The fourth-order valence-corrected chi connectivity index (χ4v) is 0.418. The highest BCUT2D eigenvalue weighted by atomic mass is 17.0. The van der Waals surface area contributed by atoms with Gasteiger partial charge in [0.15, 0.2) is 0 Å². The molecule has 0 amide bonds. The van der Waals surface area contributed by atoms with Gasteiger partial charge < -0.3 is 9.47 Å². The van der Waals surface area contributed by atoms with Crippen LogP contribution in [0.15, 0.2) is 0 Å². The Balaban J connectivity index is 0.000000291. The van der Waals surface area contributed by atoms with Crippen LogP contribution in [0.4, 0.5) is 4.79 Å². The van der Waals surface area contributed by atoms with Crippen molar-refractivity contribution in [2.24, 2.45) is 0 Å². The van der Waals surface area contributed by atoms with Crippen molar-refractivity contribution in [3.63, 3.8) is 0 Å². The Morgan fingerprint density at radius 3 is 2.33 bits per heavy atom. The number of carbonyl (C=O) groups is 1. The highest BCUT2D eigenvalue weighted by molar-refractivity contribution is 5.61. The molecule has 2 N–H and O–H groups in total. The molecule has 0 aliphatic carbocycles. The second-order valence-electron chi connectivity index (χ2n) is 1.49. The summed E-state index contributed by atoms with van der Waals surface area (Å²) in [5.74, 6) is 0. The highest BCUT2D eigenvalue weighted by Crippen LogP contribution is 2.02. The van der Waals surface area contributed by atoms with Crippen LogP contribution in [0, 0.1) is 0 Å². The minimum Gasteiger partial charge on any atom is -0.430 e. The first-order chi connectivity index (χ1) is 4.29. The molecule has 1 atom stereocenters. The van der Waals surface area contributed by atoms with Gasteiger partial charge in [0.25, 0.3) is 0 Å². The molecule has 1 fully saturated rings. The summed E-state index contributed by atoms with van der Waals surface area (Å²) >= 11 is 0.